The Morgan fingerprint density at radius 2 is 2.16 bits per heavy atom. The molecule has 9 heteroatoms. The summed E-state index contributed by atoms with van der Waals surface area (Å²) < 4.78 is 6.12. The number of carbonyl (C=O) groups is 1. The fourth-order valence-electron chi connectivity index (χ4n) is 4.48. The Morgan fingerprint density at radius 1 is 1.31 bits per heavy atom. The number of hydrogen-bond donors (Lipinski definition) is 2. The van der Waals surface area contributed by atoms with Gasteiger partial charge >= 0.3 is 0 Å². The van der Waals surface area contributed by atoms with Crippen LogP contribution in [0.4, 0.5) is 5.82 Å². The number of thiazole rings is 1. The third-order valence-corrected chi connectivity index (χ3v) is 8.23. The van der Waals surface area contributed by atoms with Crippen molar-refractivity contribution in [2.75, 3.05) is 11.9 Å². The van der Waals surface area contributed by atoms with Crippen LogP contribution in [0.3, 0.4) is 0 Å². The monoisotopic (exact) mass is 469 g/mol. The minimum Gasteiger partial charge on any atom is -0.393 e. The van der Waals surface area contributed by atoms with Gasteiger partial charge in [-0.05, 0) is 45.6 Å². The van der Waals surface area contributed by atoms with Gasteiger partial charge < -0.3 is 15.2 Å². The molecule has 0 aromatic carbocycles. The molecule has 5 rings (SSSR count). The number of aromatic nitrogens is 3. The van der Waals surface area contributed by atoms with Crippen LogP contribution < -0.4 is 5.32 Å². The fraction of sp³-hybridized carbons (Fsp3) is 0.435. The van der Waals surface area contributed by atoms with Gasteiger partial charge in [-0.15, -0.1) is 22.7 Å². The van der Waals surface area contributed by atoms with E-state index < -0.39 is 6.10 Å². The highest BCUT2D eigenvalue weighted by Gasteiger charge is 2.32. The molecule has 1 aliphatic carbocycles. The number of fused-ring (bicyclic) bond motifs is 1. The number of aliphatic hydroxyl groups is 1. The predicted molar refractivity (Wildman–Crippen MR) is 124 cm³/mol. The minimum absolute atomic E-state index is 0.0215. The Kier molecular flexibility index (Phi) is 5.83. The Bertz CT molecular complexity index is 1150. The Balaban J connectivity index is 1.42. The molecule has 4 heterocycles. The van der Waals surface area contributed by atoms with Crippen molar-refractivity contribution in [1.29, 1.82) is 0 Å². The van der Waals surface area contributed by atoms with Crippen LogP contribution in [-0.2, 0) is 11.2 Å². The van der Waals surface area contributed by atoms with Gasteiger partial charge in [0.15, 0.2) is 0 Å². The van der Waals surface area contributed by atoms with Crippen molar-refractivity contribution in [2.45, 2.75) is 51.4 Å². The fourth-order valence-corrected chi connectivity index (χ4v) is 6.52. The van der Waals surface area contributed by atoms with Crippen LogP contribution in [0.5, 0.6) is 0 Å². The molecule has 0 amide bonds. The van der Waals surface area contributed by atoms with Gasteiger partial charge in [-0.2, -0.15) is 0 Å². The maximum absolute atomic E-state index is 13.4. The number of ketones is 1. The molecule has 0 bridgehead atoms. The molecule has 3 aromatic rings. The summed E-state index contributed by atoms with van der Waals surface area (Å²) >= 11 is 3.13. The largest absolute Gasteiger partial charge is 0.393 e. The zero-order valence-corrected chi connectivity index (χ0v) is 19.6. The van der Waals surface area contributed by atoms with E-state index in [2.05, 4.69) is 27.2 Å². The molecule has 0 spiro atoms. The highest BCUT2D eigenvalue weighted by atomic mass is 32.1. The number of aliphatic hydroxyl groups excluding tert-OH is 1. The van der Waals surface area contributed by atoms with Crippen molar-refractivity contribution in [3.8, 4) is 0 Å². The lowest BCUT2D eigenvalue weighted by Crippen LogP contribution is -2.20. The van der Waals surface area contributed by atoms with E-state index in [9.17, 15) is 9.90 Å². The third-order valence-electron chi connectivity index (χ3n) is 6.11. The van der Waals surface area contributed by atoms with Crippen LogP contribution in [0.15, 0.2) is 18.6 Å². The second kappa shape index (κ2) is 8.62. The number of nitrogens with one attached hydrogen (secondary N) is 1. The van der Waals surface area contributed by atoms with Crippen LogP contribution in [0.1, 0.15) is 60.2 Å². The standard InChI is InChI=1S/C23H25N4O3S2/c1-11-6-14(7-18(11)28)27-23-16(9-24-10-25-23)20(29)19-8-15(12(2)31-19)21-22-17(4-5-30-21)26-13(3)32-22/h8-11,14,18,21,28H,1,4-7H2,2-3H3,(H,24,25,27)/t11-,14-,18+,21-/m1/s1. The third kappa shape index (κ3) is 3.98. The van der Waals surface area contributed by atoms with E-state index in [0.717, 1.165) is 38.9 Å². The van der Waals surface area contributed by atoms with E-state index in [0.29, 0.717) is 29.3 Å². The maximum atomic E-state index is 13.4. The number of nitrogens with zero attached hydrogens (tertiary/aromatic N) is 3. The first-order valence-electron chi connectivity index (χ1n) is 10.7. The van der Waals surface area contributed by atoms with E-state index in [4.69, 9.17) is 4.74 Å². The Hall–Kier alpha value is -2.20. The Labute approximate surface area is 194 Å². The molecule has 0 saturated heterocycles. The average molecular weight is 470 g/mol. The molecule has 1 saturated carbocycles. The second-order valence-electron chi connectivity index (χ2n) is 8.42. The van der Waals surface area contributed by atoms with Gasteiger partial charge in [0.05, 0.1) is 38.7 Å². The summed E-state index contributed by atoms with van der Waals surface area (Å²) in [6.45, 7) is 8.65. The first kappa shape index (κ1) is 21.6. The number of aryl methyl sites for hydroxylation is 2. The number of anilines is 1. The van der Waals surface area contributed by atoms with Crippen molar-refractivity contribution < 1.29 is 14.6 Å². The van der Waals surface area contributed by atoms with Gasteiger partial charge in [0, 0.05) is 29.1 Å². The SMILES string of the molecule is [CH2][C@@H]1C[C@@H](Nc2ncncc2C(=O)c2cc([C@H]3OCCc4nc(C)sc43)c(C)s2)C[C@@H]1O. The number of thiophene rings is 1. The molecular weight excluding hydrogens is 444 g/mol. The summed E-state index contributed by atoms with van der Waals surface area (Å²) in [5, 5.41) is 14.4. The highest BCUT2D eigenvalue weighted by molar-refractivity contribution is 7.14. The number of ether oxygens (including phenoxy) is 1. The van der Waals surface area contributed by atoms with Crippen LogP contribution in [0.2, 0.25) is 0 Å². The van der Waals surface area contributed by atoms with Gasteiger partial charge in [0.2, 0.25) is 5.78 Å². The summed E-state index contributed by atoms with van der Waals surface area (Å²) in [7, 11) is 0. The van der Waals surface area contributed by atoms with Crippen LogP contribution in [-0.4, -0.2) is 44.6 Å². The van der Waals surface area contributed by atoms with E-state index in [1.165, 1.54) is 17.7 Å². The van der Waals surface area contributed by atoms with Crippen molar-refractivity contribution in [1.82, 2.24) is 15.0 Å². The summed E-state index contributed by atoms with van der Waals surface area (Å²) in [6, 6.07) is 1.97. The van der Waals surface area contributed by atoms with Crippen molar-refractivity contribution in [3.63, 3.8) is 0 Å². The van der Waals surface area contributed by atoms with E-state index in [1.807, 2.05) is 19.9 Å². The van der Waals surface area contributed by atoms with E-state index in [1.54, 1.807) is 17.5 Å². The van der Waals surface area contributed by atoms with E-state index >= 15 is 0 Å². The molecule has 1 fully saturated rings. The molecule has 2 aliphatic rings. The molecule has 1 aliphatic heterocycles. The molecule has 2 N–H and O–H groups in total. The predicted octanol–water partition coefficient (Wildman–Crippen LogP) is 3.89. The van der Waals surface area contributed by atoms with E-state index in [-0.39, 0.29) is 23.8 Å². The maximum Gasteiger partial charge on any atom is 0.208 e. The lowest BCUT2D eigenvalue weighted by Gasteiger charge is -2.22. The molecule has 3 aromatic heterocycles. The number of rotatable bonds is 5. The molecule has 0 unspecified atom stereocenters. The number of hydrogen-bond acceptors (Lipinski definition) is 9. The van der Waals surface area contributed by atoms with Gasteiger partial charge in [-0.3, -0.25) is 4.79 Å². The zero-order chi connectivity index (χ0) is 22.4. The highest BCUT2D eigenvalue weighted by Crippen LogP contribution is 2.41. The average Bonchev–Trinajstić information content (AvgIpc) is 3.43. The molecule has 4 atom stereocenters. The zero-order valence-electron chi connectivity index (χ0n) is 18.0. The smallest absolute Gasteiger partial charge is 0.208 e. The first-order chi connectivity index (χ1) is 15.4. The Morgan fingerprint density at radius 3 is 2.94 bits per heavy atom. The summed E-state index contributed by atoms with van der Waals surface area (Å²) in [6.07, 6.45) is 4.52. The van der Waals surface area contributed by atoms with Crippen LogP contribution in [0, 0.1) is 26.7 Å². The normalized spacial score (nSPS) is 25.0. The molecule has 167 valence electrons. The van der Waals surface area contributed by atoms with Gasteiger partial charge in [-0.1, -0.05) is 0 Å². The molecule has 32 heavy (non-hydrogen) atoms. The molecule has 1 radical (unpaired) electrons. The summed E-state index contributed by atoms with van der Waals surface area (Å²) in [4.78, 5) is 29.3. The number of carbonyl (C=O) groups excluding carboxylic acids is 1. The van der Waals surface area contributed by atoms with Gasteiger partial charge in [0.1, 0.15) is 18.2 Å². The van der Waals surface area contributed by atoms with Gasteiger partial charge in [-0.25, -0.2) is 15.0 Å². The topological polar surface area (TPSA) is 97.2 Å². The summed E-state index contributed by atoms with van der Waals surface area (Å²) in [5.74, 6) is 0.360. The molecule has 7 nitrogen and oxygen atoms in total. The van der Waals surface area contributed by atoms with Gasteiger partial charge in [0.25, 0.3) is 0 Å². The van der Waals surface area contributed by atoms with Crippen LogP contribution >= 0.6 is 22.7 Å². The first-order valence-corrected chi connectivity index (χ1v) is 12.3. The summed E-state index contributed by atoms with van der Waals surface area (Å²) in [5.41, 5.74) is 2.56. The van der Waals surface area contributed by atoms with Crippen molar-refractivity contribution in [3.05, 3.63) is 62.0 Å². The van der Waals surface area contributed by atoms with Crippen molar-refractivity contribution >= 4 is 34.3 Å². The lowest BCUT2D eigenvalue weighted by molar-refractivity contribution is 0.0716. The quantitative estimate of drug-likeness (QED) is 0.547. The lowest BCUT2D eigenvalue weighted by atomic mass is 10.0. The minimum atomic E-state index is -0.438. The van der Waals surface area contributed by atoms with Crippen LogP contribution in [0.25, 0.3) is 0 Å². The van der Waals surface area contributed by atoms with Crippen molar-refractivity contribution in [2.24, 2.45) is 5.92 Å². The molecular formula is C23H25N4O3S2. The second-order valence-corrected chi connectivity index (χ2v) is 10.9.